The first-order valence-electron chi connectivity index (χ1n) is 6.49. The number of halogens is 1. The predicted octanol–water partition coefficient (Wildman–Crippen LogP) is 4.33. The van der Waals surface area contributed by atoms with Crippen molar-refractivity contribution in [3.05, 3.63) is 71.2 Å². The van der Waals surface area contributed by atoms with E-state index in [1.54, 1.807) is 24.3 Å². The lowest BCUT2D eigenvalue weighted by Crippen LogP contribution is -2.13. The Balaban J connectivity index is 1.89. The fraction of sp³-hybridized carbons (Fsp3) is 0. The Labute approximate surface area is 127 Å². The molecule has 3 rings (SSSR count). The second-order valence-corrected chi connectivity index (χ2v) is 5.18. The second kappa shape index (κ2) is 5.46. The number of benzene rings is 3. The molecule has 0 unspecified atom stereocenters. The van der Waals surface area contributed by atoms with E-state index < -0.39 is 0 Å². The molecule has 0 fully saturated rings. The smallest absolute Gasteiger partial charge is 0.255 e. The van der Waals surface area contributed by atoms with Gasteiger partial charge in [-0.1, -0.05) is 41.9 Å². The molecule has 3 N–H and O–H groups in total. The van der Waals surface area contributed by atoms with Gasteiger partial charge in [0, 0.05) is 10.6 Å². The lowest BCUT2D eigenvalue weighted by Gasteiger charge is -2.09. The van der Waals surface area contributed by atoms with E-state index in [9.17, 15) is 4.79 Å². The number of nitrogens with one attached hydrogen (secondary N) is 1. The third kappa shape index (κ3) is 2.83. The highest BCUT2D eigenvalue weighted by molar-refractivity contribution is 6.31. The lowest BCUT2D eigenvalue weighted by molar-refractivity contribution is 0.102. The topological polar surface area (TPSA) is 55.1 Å². The number of anilines is 2. The van der Waals surface area contributed by atoms with E-state index in [0.717, 1.165) is 10.8 Å². The van der Waals surface area contributed by atoms with Gasteiger partial charge in [0.15, 0.2) is 0 Å². The molecule has 0 saturated heterocycles. The van der Waals surface area contributed by atoms with Crippen molar-refractivity contribution in [1.82, 2.24) is 0 Å². The summed E-state index contributed by atoms with van der Waals surface area (Å²) in [5.74, 6) is -0.199. The first-order valence-corrected chi connectivity index (χ1v) is 6.86. The molecule has 1 amide bonds. The highest BCUT2D eigenvalue weighted by Crippen LogP contribution is 2.23. The van der Waals surface area contributed by atoms with Gasteiger partial charge >= 0.3 is 0 Å². The minimum absolute atomic E-state index is 0.199. The number of nitrogens with two attached hydrogens (primary N) is 1. The van der Waals surface area contributed by atoms with Crippen molar-refractivity contribution < 1.29 is 4.79 Å². The summed E-state index contributed by atoms with van der Waals surface area (Å²) in [6.45, 7) is 0. The molecule has 0 saturated carbocycles. The van der Waals surface area contributed by atoms with Crippen LogP contribution in [0.1, 0.15) is 10.4 Å². The third-order valence-electron chi connectivity index (χ3n) is 3.27. The van der Waals surface area contributed by atoms with Gasteiger partial charge < -0.3 is 11.1 Å². The summed E-state index contributed by atoms with van der Waals surface area (Å²) in [4.78, 5) is 12.3. The number of nitrogen functional groups attached to an aromatic ring is 1. The molecule has 21 heavy (non-hydrogen) atoms. The number of rotatable bonds is 2. The van der Waals surface area contributed by atoms with Crippen LogP contribution in [0.25, 0.3) is 10.8 Å². The normalized spacial score (nSPS) is 10.5. The van der Waals surface area contributed by atoms with Crippen molar-refractivity contribution >= 4 is 39.7 Å². The zero-order valence-electron chi connectivity index (χ0n) is 11.1. The summed E-state index contributed by atoms with van der Waals surface area (Å²) in [5.41, 5.74) is 7.42. The number of hydrogen-bond donors (Lipinski definition) is 2. The molecule has 3 aromatic rings. The van der Waals surface area contributed by atoms with Crippen molar-refractivity contribution in [2.75, 3.05) is 11.1 Å². The monoisotopic (exact) mass is 296 g/mol. The Kier molecular flexibility index (Phi) is 3.50. The molecule has 0 atom stereocenters. The molecular weight excluding hydrogens is 284 g/mol. The van der Waals surface area contributed by atoms with Crippen LogP contribution in [-0.2, 0) is 0 Å². The molecule has 0 aliphatic rings. The molecule has 0 aliphatic carbocycles. The Bertz CT molecular complexity index is 830. The number of hydrogen-bond acceptors (Lipinski definition) is 2. The quantitative estimate of drug-likeness (QED) is 0.692. The van der Waals surface area contributed by atoms with Gasteiger partial charge in [-0.05, 0) is 41.1 Å². The molecule has 104 valence electrons. The first kappa shape index (κ1) is 13.5. The molecule has 3 nitrogen and oxygen atoms in total. The van der Waals surface area contributed by atoms with E-state index >= 15 is 0 Å². The SMILES string of the molecule is Nc1cc(Cl)ccc1NC(=O)c1ccc2ccccc2c1. The van der Waals surface area contributed by atoms with Gasteiger partial charge in [0.05, 0.1) is 11.4 Å². The Morgan fingerprint density at radius 1 is 0.952 bits per heavy atom. The predicted molar refractivity (Wildman–Crippen MR) is 87.8 cm³/mol. The van der Waals surface area contributed by atoms with E-state index in [1.165, 1.54) is 0 Å². The fourth-order valence-electron chi connectivity index (χ4n) is 2.17. The van der Waals surface area contributed by atoms with Gasteiger partial charge in [0.2, 0.25) is 0 Å². The fourth-order valence-corrected chi connectivity index (χ4v) is 2.35. The van der Waals surface area contributed by atoms with Crippen molar-refractivity contribution in [1.29, 1.82) is 0 Å². The van der Waals surface area contributed by atoms with E-state index in [1.807, 2.05) is 36.4 Å². The Hall–Kier alpha value is -2.52. The van der Waals surface area contributed by atoms with Crippen LogP contribution in [0.4, 0.5) is 11.4 Å². The number of carbonyl (C=O) groups is 1. The Morgan fingerprint density at radius 2 is 1.71 bits per heavy atom. The minimum atomic E-state index is -0.199. The summed E-state index contributed by atoms with van der Waals surface area (Å²) in [6, 6.07) is 18.5. The lowest BCUT2D eigenvalue weighted by atomic mass is 10.1. The second-order valence-electron chi connectivity index (χ2n) is 4.75. The average Bonchev–Trinajstić information content (AvgIpc) is 2.49. The van der Waals surface area contributed by atoms with Crippen molar-refractivity contribution in [3.8, 4) is 0 Å². The molecular formula is C17H13ClN2O. The summed E-state index contributed by atoms with van der Waals surface area (Å²) < 4.78 is 0. The Morgan fingerprint density at radius 3 is 2.48 bits per heavy atom. The van der Waals surface area contributed by atoms with Crippen LogP contribution in [0, 0.1) is 0 Å². The molecule has 0 heterocycles. The summed E-state index contributed by atoms with van der Waals surface area (Å²) >= 11 is 5.84. The van der Waals surface area contributed by atoms with Gasteiger partial charge in [-0.25, -0.2) is 0 Å². The zero-order valence-corrected chi connectivity index (χ0v) is 11.9. The highest BCUT2D eigenvalue weighted by Gasteiger charge is 2.09. The maximum atomic E-state index is 12.3. The van der Waals surface area contributed by atoms with Crippen LogP contribution in [0.15, 0.2) is 60.7 Å². The number of amides is 1. The van der Waals surface area contributed by atoms with Crippen molar-refractivity contribution in [2.45, 2.75) is 0 Å². The molecule has 4 heteroatoms. The van der Waals surface area contributed by atoms with Gasteiger partial charge in [-0.15, -0.1) is 0 Å². The number of fused-ring (bicyclic) bond motifs is 1. The van der Waals surface area contributed by atoms with E-state index in [4.69, 9.17) is 17.3 Å². The van der Waals surface area contributed by atoms with E-state index in [2.05, 4.69) is 5.32 Å². The molecule has 0 aromatic heterocycles. The van der Waals surface area contributed by atoms with Crippen LogP contribution in [0.5, 0.6) is 0 Å². The van der Waals surface area contributed by atoms with Gasteiger partial charge in [0.25, 0.3) is 5.91 Å². The summed E-state index contributed by atoms with van der Waals surface area (Å²) in [5, 5.41) is 5.45. The third-order valence-corrected chi connectivity index (χ3v) is 3.51. The van der Waals surface area contributed by atoms with E-state index in [-0.39, 0.29) is 5.91 Å². The van der Waals surface area contributed by atoms with E-state index in [0.29, 0.717) is 22.0 Å². The van der Waals surface area contributed by atoms with Crippen LogP contribution >= 0.6 is 11.6 Å². The van der Waals surface area contributed by atoms with Gasteiger partial charge in [0.1, 0.15) is 0 Å². The van der Waals surface area contributed by atoms with Crippen LogP contribution < -0.4 is 11.1 Å². The van der Waals surface area contributed by atoms with Crippen molar-refractivity contribution in [2.24, 2.45) is 0 Å². The van der Waals surface area contributed by atoms with Crippen LogP contribution in [0.3, 0.4) is 0 Å². The van der Waals surface area contributed by atoms with Crippen molar-refractivity contribution in [3.63, 3.8) is 0 Å². The maximum absolute atomic E-state index is 12.3. The van der Waals surface area contributed by atoms with Crippen LogP contribution in [-0.4, -0.2) is 5.91 Å². The summed E-state index contributed by atoms with van der Waals surface area (Å²) in [7, 11) is 0. The highest BCUT2D eigenvalue weighted by atomic mass is 35.5. The largest absolute Gasteiger partial charge is 0.397 e. The van der Waals surface area contributed by atoms with Gasteiger partial charge in [-0.2, -0.15) is 0 Å². The molecule has 0 radical (unpaired) electrons. The molecule has 0 spiro atoms. The summed E-state index contributed by atoms with van der Waals surface area (Å²) in [6.07, 6.45) is 0. The first-order chi connectivity index (χ1) is 10.1. The maximum Gasteiger partial charge on any atom is 0.255 e. The standard InChI is InChI=1S/C17H13ClN2O/c18-14-7-8-16(15(19)10-14)20-17(21)13-6-5-11-3-1-2-4-12(11)9-13/h1-10H,19H2,(H,20,21). The van der Waals surface area contributed by atoms with Crippen LogP contribution in [0.2, 0.25) is 5.02 Å². The average molecular weight is 297 g/mol. The van der Waals surface area contributed by atoms with Gasteiger partial charge in [-0.3, -0.25) is 4.79 Å². The zero-order chi connectivity index (χ0) is 14.8. The molecule has 3 aromatic carbocycles. The molecule has 0 aliphatic heterocycles. The number of carbonyl (C=O) groups excluding carboxylic acids is 1. The minimum Gasteiger partial charge on any atom is -0.397 e. The molecule has 0 bridgehead atoms.